The minimum atomic E-state index is -2.94. The van der Waals surface area contributed by atoms with Crippen LogP contribution in [0.4, 0.5) is 4.79 Å². The van der Waals surface area contributed by atoms with E-state index >= 15 is 0 Å². The lowest BCUT2D eigenvalue weighted by Crippen LogP contribution is -2.68. The molecular formula is C30H48Cl3NO21. The smallest absolute Gasteiger partial charge is 0.407 e. The molecule has 3 aliphatic rings. The van der Waals surface area contributed by atoms with E-state index in [4.69, 9.17) is 68.0 Å². The van der Waals surface area contributed by atoms with Crippen LogP contribution in [0, 0.1) is 5.92 Å². The van der Waals surface area contributed by atoms with Gasteiger partial charge in [-0.25, -0.2) is 9.59 Å². The van der Waals surface area contributed by atoms with Gasteiger partial charge in [-0.3, -0.25) is 0 Å². The molecule has 13 N–H and O–H groups in total. The molecule has 3 fully saturated rings. The highest BCUT2D eigenvalue weighted by molar-refractivity contribution is 6.67. The third-order valence-electron chi connectivity index (χ3n) is 9.20. The van der Waals surface area contributed by atoms with Gasteiger partial charge in [0.05, 0.1) is 50.8 Å². The molecule has 1 amide bonds. The molecule has 22 nitrogen and oxygen atoms in total. The summed E-state index contributed by atoms with van der Waals surface area (Å²) in [7, 11) is 0. The molecule has 320 valence electrons. The summed E-state index contributed by atoms with van der Waals surface area (Å²) in [6, 6.07) is -1.32. The molecule has 3 aliphatic heterocycles. The average Bonchev–Trinajstić information content (AvgIpc) is 3.14. The van der Waals surface area contributed by atoms with Gasteiger partial charge in [-0.1, -0.05) is 47.8 Å². The molecule has 18 atom stereocenters. The number of alkyl carbamates (subject to hydrolysis) is 1. The van der Waals surface area contributed by atoms with E-state index in [9.17, 15) is 70.9 Å². The second-order valence-electron chi connectivity index (χ2n) is 13.1. The molecule has 3 heterocycles. The summed E-state index contributed by atoms with van der Waals surface area (Å²) >= 11 is 16.7. The Kier molecular flexibility index (Phi) is 18.0. The normalized spacial score (nSPS) is 39.4. The van der Waals surface area contributed by atoms with E-state index in [2.05, 4.69) is 11.9 Å². The number of amides is 1. The second kappa shape index (κ2) is 20.6. The lowest BCUT2D eigenvalue weighted by Gasteiger charge is -2.50. The first-order chi connectivity index (χ1) is 25.6. The van der Waals surface area contributed by atoms with Crippen molar-refractivity contribution in [3.05, 3.63) is 12.7 Å². The zero-order valence-corrected chi connectivity index (χ0v) is 31.3. The average molecular weight is 865 g/mol. The van der Waals surface area contributed by atoms with Gasteiger partial charge in [0.1, 0.15) is 67.6 Å². The number of alkyl halides is 3. The van der Waals surface area contributed by atoms with Gasteiger partial charge in [0, 0.05) is 12.3 Å². The first-order valence-corrected chi connectivity index (χ1v) is 17.8. The third-order valence-corrected chi connectivity index (χ3v) is 9.52. The number of hydrogen-bond acceptors (Lipinski definition) is 20. The fraction of sp³-hybridized carbons (Fsp3) is 0.867. The molecule has 0 saturated carbocycles. The van der Waals surface area contributed by atoms with Crippen molar-refractivity contribution in [2.24, 2.45) is 5.92 Å². The van der Waals surface area contributed by atoms with Gasteiger partial charge < -0.3 is 99.8 Å². The first kappa shape index (κ1) is 48.0. The van der Waals surface area contributed by atoms with Crippen molar-refractivity contribution >= 4 is 46.9 Å². The van der Waals surface area contributed by atoms with Crippen LogP contribution in [0.1, 0.15) is 13.3 Å². The molecule has 0 bridgehead atoms. The van der Waals surface area contributed by atoms with E-state index in [1.54, 1.807) is 0 Å². The summed E-state index contributed by atoms with van der Waals surface area (Å²) in [6.07, 6.45) is -28.8. The number of hydrogen-bond donors (Lipinski definition) is 13. The molecule has 55 heavy (non-hydrogen) atoms. The maximum absolute atomic E-state index is 12.6. The van der Waals surface area contributed by atoms with Crippen LogP contribution in [0.15, 0.2) is 12.7 Å². The highest BCUT2D eigenvalue weighted by Gasteiger charge is 2.59. The molecule has 0 aliphatic carbocycles. The highest BCUT2D eigenvalue weighted by atomic mass is 35.6. The Morgan fingerprint density at radius 2 is 1.56 bits per heavy atom. The minimum Gasteiger partial charge on any atom is -0.477 e. The van der Waals surface area contributed by atoms with Crippen molar-refractivity contribution in [1.82, 2.24) is 5.32 Å². The lowest BCUT2D eigenvalue weighted by molar-refractivity contribution is -0.388. The van der Waals surface area contributed by atoms with Crippen molar-refractivity contribution in [2.45, 2.75) is 121 Å². The van der Waals surface area contributed by atoms with Crippen molar-refractivity contribution in [3.8, 4) is 0 Å². The molecule has 0 aromatic heterocycles. The number of nitrogens with one attached hydrogen (secondary N) is 1. The van der Waals surface area contributed by atoms with E-state index in [-0.39, 0.29) is 0 Å². The molecule has 0 aromatic carbocycles. The number of rotatable bonds is 17. The Morgan fingerprint density at radius 1 is 0.945 bits per heavy atom. The van der Waals surface area contributed by atoms with Crippen LogP contribution in [-0.4, -0.2) is 214 Å². The summed E-state index contributed by atoms with van der Waals surface area (Å²) in [6.45, 7) is 0.547. The fourth-order valence-electron chi connectivity index (χ4n) is 5.99. The number of carboxylic acid groups (broad SMARTS) is 1. The minimum absolute atomic E-state index is 0.634. The third kappa shape index (κ3) is 11.9. The van der Waals surface area contributed by atoms with Crippen molar-refractivity contribution in [3.63, 3.8) is 0 Å². The number of carboxylic acids is 1. The van der Waals surface area contributed by atoms with E-state index in [0.29, 0.717) is 0 Å². The van der Waals surface area contributed by atoms with Crippen LogP contribution in [0.25, 0.3) is 0 Å². The van der Waals surface area contributed by atoms with Crippen molar-refractivity contribution in [2.75, 3.05) is 33.0 Å². The first-order valence-electron chi connectivity index (χ1n) is 16.7. The van der Waals surface area contributed by atoms with Gasteiger partial charge in [-0.05, 0) is 0 Å². The number of aliphatic hydroxyl groups excluding tert-OH is 11. The molecular weight excluding hydrogens is 817 g/mol. The Morgan fingerprint density at radius 3 is 2.11 bits per heavy atom. The molecule has 6 unspecified atom stereocenters. The number of ether oxygens (including phenoxy) is 7. The van der Waals surface area contributed by atoms with Crippen LogP contribution < -0.4 is 5.32 Å². The van der Waals surface area contributed by atoms with Gasteiger partial charge in [-0.2, -0.15) is 0 Å². The van der Waals surface area contributed by atoms with E-state index in [0.717, 1.165) is 6.08 Å². The zero-order valence-electron chi connectivity index (χ0n) is 29.0. The second-order valence-corrected chi connectivity index (χ2v) is 15.6. The summed E-state index contributed by atoms with van der Waals surface area (Å²) in [4.78, 5) is 24.8. The Hall–Kier alpha value is -1.33. The largest absolute Gasteiger partial charge is 0.477 e. The van der Waals surface area contributed by atoms with E-state index < -0.39 is 165 Å². The standard InChI is InChI=1S/C30H48Cl3NO21/c1-3-12(38)11(34-28(48)50-9-30(31,32)33)8-49-25-20(44)19(43)23(16(7-37)52-25)53-26-21(45)24(18(42)15(6-36)51-26)55-29(27(46)47)4-13(39)10(2)22(54-29)17(41)14(40)5-35/h3,10-26,35-45H,1,4-9H2,2H3,(H,34,48)(H,46,47)/t10-,11+,12-,13-,14-,15?,16?,17-,18+,19-,20+,21+,22?,23-,24+,25?,26?,29?/m1/s1. The predicted molar refractivity (Wildman–Crippen MR) is 180 cm³/mol. The molecule has 25 heteroatoms. The molecule has 0 aromatic rings. The molecule has 3 saturated heterocycles. The summed E-state index contributed by atoms with van der Waals surface area (Å²) < 4.78 is 36.2. The number of halogens is 3. The maximum Gasteiger partial charge on any atom is 0.407 e. The Balaban J connectivity index is 1.79. The van der Waals surface area contributed by atoms with Gasteiger partial charge in [0.15, 0.2) is 12.6 Å². The highest BCUT2D eigenvalue weighted by Crippen LogP contribution is 2.40. The topological polar surface area (TPSA) is 354 Å². The lowest BCUT2D eigenvalue weighted by atomic mass is 9.84. The maximum atomic E-state index is 12.6. The monoisotopic (exact) mass is 863 g/mol. The van der Waals surface area contributed by atoms with Gasteiger partial charge >= 0.3 is 12.1 Å². The Labute approximate surface area is 328 Å². The molecule has 0 radical (unpaired) electrons. The van der Waals surface area contributed by atoms with Crippen LogP contribution in [-0.2, 0) is 38.0 Å². The molecule has 3 rings (SSSR count). The summed E-state index contributed by atoms with van der Waals surface area (Å²) in [5.74, 6) is -5.89. The van der Waals surface area contributed by atoms with Crippen LogP contribution in [0.2, 0.25) is 0 Å². The zero-order chi connectivity index (χ0) is 41.6. The van der Waals surface area contributed by atoms with Crippen molar-refractivity contribution in [1.29, 1.82) is 0 Å². The van der Waals surface area contributed by atoms with Gasteiger partial charge in [0.25, 0.3) is 5.79 Å². The van der Waals surface area contributed by atoms with Gasteiger partial charge in [0.2, 0.25) is 3.79 Å². The summed E-state index contributed by atoms with van der Waals surface area (Å²) in [5.41, 5.74) is 0. The molecule has 0 spiro atoms. The van der Waals surface area contributed by atoms with E-state index in [1.807, 2.05) is 0 Å². The van der Waals surface area contributed by atoms with Crippen LogP contribution in [0.5, 0.6) is 0 Å². The Bertz CT molecular complexity index is 1250. The number of aliphatic hydroxyl groups is 11. The quantitative estimate of drug-likeness (QED) is 0.0481. The predicted octanol–water partition coefficient (Wildman–Crippen LogP) is -5.06. The van der Waals surface area contributed by atoms with Gasteiger partial charge in [-0.15, -0.1) is 6.58 Å². The summed E-state index contributed by atoms with van der Waals surface area (Å²) in [5, 5.41) is 128. The van der Waals surface area contributed by atoms with Crippen LogP contribution >= 0.6 is 34.8 Å². The fourth-order valence-corrected chi connectivity index (χ4v) is 6.16. The number of aliphatic carboxylic acids is 1. The van der Waals surface area contributed by atoms with Crippen molar-refractivity contribution < 1.29 is 104 Å². The SMILES string of the molecule is C=C[C@@H](O)[C@H](COC1OC(CO)[C@@H](OC2OC(CO)[C@H](O)[C@H](OC3(C(=O)O)C[C@@H](O)[C@@H](C)C([C@H](O)[C@H](O)CO)O3)[C@@H]2O)[C@H](O)[C@@H]1O)NC(=O)OCC(Cl)(Cl)Cl. The van der Waals surface area contributed by atoms with Crippen LogP contribution in [0.3, 0.4) is 0 Å². The number of carbonyl (C=O) groups excluding carboxylic acids is 1. The number of carbonyl (C=O) groups is 2. The van der Waals surface area contributed by atoms with E-state index in [1.165, 1.54) is 6.92 Å².